The average molecular weight is 425 g/mol. The second kappa shape index (κ2) is 9.48. The molecule has 0 aromatic heterocycles. The fourth-order valence-electron chi connectivity index (χ4n) is 2.46. The molecule has 1 atom stereocenters. The molecule has 1 heterocycles. The van der Waals surface area contributed by atoms with Gasteiger partial charge in [-0.1, -0.05) is 0 Å². The molecule has 1 fully saturated rings. The monoisotopic (exact) mass is 424 g/mol. The molecule has 1 aromatic carbocycles. The van der Waals surface area contributed by atoms with Gasteiger partial charge < -0.3 is 15.4 Å². The van der Waals surface area contributed by atoms with Crippen LogP contribution in [-0.4, -0.2) is 32.7 Å². The van der Waals surface area contributed by atoms with Crippen LogP contribution in [-0.2, 0) is 0 Å². The fourth-order valence-corrected chi connectivity index (χ4v) is 3.19. The van der Waals surface area contributed by atoms with Crippen molar-refractivity contribution in [1.82, 2.24) is 10.6 Å². The van der Waals surface area contributed by atoms with Gasteiger partial charge >= 0.3 is 0 Å². The molecule has 1 aromatic rings. The zero-order valence-corrected chi connectivity index (χ0v) is 15.1. The molecule has 0 saturated carbocycles. The first kappa shape index (κ1) is 18.5. The maximum atomic E-state index is 12.1. The summed E-state index contributed by atoms with van der Waals surface area (Å²) in [4.78, 5) is 12.1. The van der Waals surface area contributed by atoms with E-state index >= 15 is 0 Å². The van der Waals surface area contributed by atoms with E-state index in [9.17, 15) is 4.79 Å². The number of amides is 1. The number of hydrogen-bond acceptors (Lipinski definition) is 3. The Balaban J connectivity index is 0.00000220. The highest BCUT2D eigenvalue weighted by Gasteiger charge is 2.14. The molecule has 1 amide bonds. The Bertz CT molecular complexity index is 465. The summed E-state index contributed by atoms with van der Waals surface area (Å²) in [5, 5.41) is 6.41. The Morgan fingerprint density at radius 1 is 1.52 bits per heavy atom. The smallest absolute Gasteiger partial charge is 0.252 e. The van der Waals surface area contributed by atoms with Gasteiger partial charge in [-0.15, -0.1) is 12.4 Å². The Hall–Kier alpha value is -0.530. The summed E-state index contributed by atoms with van der Waals surface area (Å²) in [6.07, 6.45) is 3.56. The van der Waals surface area contributed by atoms with E-state index in [0.717, 1.165) is 35.4 Å². The van der Waals surface area contributed by atoms with Gasteiger partial charge in [-0.2, -0.15) is 0 Å². The van der Waals surface area contributed by atoms with Crippen LogP contribution in [0.15, 0.2) is 18.2 Å². The quantitative estimate of drug-likeness (QED) is 0.715. The van der Waals surface area contributed by atoms with E-state index in [-0.39, 0.29) is 18.3 Å². The highest BCUT2D eigenvalue weighted by atomic mass is 127. The molecule has 1 aliphatic rings. The Morgan fingerprint density at radius 2 is 2.33 bits per heavy atom. The minimum atomic E-state index is 0. The Kier molecular flexibility index (Phi) is 8.36. The van der Waals surface area contributed by atoms with Crippen LogP contribution in [0.4, 0.5) is 0 Å². The Labute approximate surface area is 145 Å². The van der Waals surface area contributed by atoms with E-state index in [4.69, 9.17) is 4.74 Å². The van der Waals surface area contributed by atoms with Crippen molar-refractivity contribution in [1.29, 1.82) is 0 Å². The lowest BCUT2D eigenvalue weighted by atomic mass is 9.96. The van der Waals surface area contributed by atoms with E-state index < -0.39 is 0 Å². The number of hydrogen-bond donors (Lipinski definition) is 2. The maximum absolute atomic E-state index is 12.1. The standard InChI is InChI=1S/C15H21IN2O2.ClH/c1-20-12-4-5-13(14(16)9-12)15(19)18-8-6-11-3-2-7-17-10-11;/h4-5,9,11,17H,2-3,6-8,10H2,1H3,(H,18,19);1H. The fraction of sp³-hybridized carbons (Fsp3) is 0.533. The van der Waals surface area contributed by atoms with Gasteiger partial charge in [-0.25, -0.2) is 0 Å². The SMILES string of the molecule is COc1ccc(C(=O)NCCC2CCCNC2)c(I)c1.Cl. The lowest BCUT2D eigenvalue weighted by Crippen LogP contribution is -2.33. The molecular weight excluding hydrogens is 403 g/mol. The highest BCUT2D eigenvalue weighted by molar-refractivity contribution is 14.1. The third-order valence-corrected chi connectivity index (χ3v) is 4.55. The average Bonchev–Trinajstić information content (AvgIpc) is 2.48. The van der Waals surface area contributed by atoms with Crippen LogP contribution in [0.3, 0.4) is 0 Å². The summed E-state index contributed by atoms with van der Waals surface area (Å²) < 4.78 is 6.06. The van der Waals surface area contributed by atoms with Crippen molar-refractivity contribution in [3.05, 3.63) is 27.3 Å². The van der Waals surface area contributed by atoms with E-state index in [2.05, 4.69) is 33.2 Å². The first-order valence-corrected chi connectivity index (χ1v) is 8.11. The molecule has 0 bridgehead atoms. The van der Waals surface area contributed by atoms with Gasteiger partial charge in [0.15, 0.2) is 0 Å². The third kappa shape index (κ3) is 5.64. The van der Waals surface area contributed by atoms with Gasteiger partial charge in [0.2, 0.25) is 0 Å². The van der Waals surface area contributed by atoms with Gasteiger partial charge in [-0.3, -0.25) is 4.79 Å². The van der Waals surface area contributed by atoms with Crippen molar-refractivity contribution in [3.63, 3.8) is 0 Å². The summed E-state index contributed by atoms with van der Waals surface area (Å²) in [5.74, 6) is 1.47. The molecule has 21 heavy (non-hydrogen) atoms. The number of rotatable bonds is 5. The van der Waals surface area contributed by atoms with Crippen molar-refractivity contribution in [2.24, 2.45) is 5.92 Å². The minimum Gasteiger partial charge on any atom is -0.497 e. The minimum absolute atomic E-state index is 0. The molecule has 2 N–H and O–H groups in total. The van der Waals surface area contributed by atoms with Crippen LogP contribution < -0.4 is 15.4 Å². The van der Waals surface area contributed by atoms with Crippen molar-refractivity contribution in [3.8, 4) is 5.75 Å². The lowest BCUT2D eigenvalue weighted by molar-refractivity contribution is 0.0949. The van der Waals surface area contributed by atoms with Crippen LogP contribution in [0.5, 0.6) is 5.75 Å². The first-order valence-electron chi connectivity index (χ1n) is 7.03. The summed E-state index contributed by atoms with van der Waals surface area (Å²) in [6, 6.07) is 5.51. The topological polar surface area (TPSA) is 50.4 Å². The molecule has 2 rings (SSSR count). The molecule has 1 saturated heterocycles. The molecule has 118 valence electrons. The zero-order chi connectivity index (χ0) is 14.4. The van der Waals surface area contributed by atoms with Crippen LogP contribution in [0.1, 0.15) is 29.6 Å². The maximum Gasteiger partial charge on any atom is 0.252 e. The van der Waals surface area contributed by atoms with Crippen LogP contribution in [0.2, 0.25) is 0 Å². The van der Waals surface area contributed by atoms with Gasteiger partial charge in [0, 0.05) is 10.1 Å². The van der Waals surface area contributed by atoms with Crippen molar-refractivity contribution < 1.29 is 9.53 Å². The molecule has 1 unspecified atom stereocenters. The number of ether oxygens (including phenoxy) is 1. The van der Waals surface area contributed by atoms with Gasteiger partial charge in [0.05, 0.1) is 12.7 Å². The van der Waals surface area contributed by atoms with Gasteiger partial charge in [0.25, 0.3) is 5.91 Å². The third-order valence-electron chi connectivity index (χ3n) is 3.66. The molecule has 1 aliphatic heterocycles. The number of nitrogens with one attached hydrogen (secondary N) is 2. The van der Waals surface area contributed by atoms with Crippen LogP contribution in [0.25, 0.3) is 0 Å². The number of piperidine rings is 1. The highest BCUT2D eigenvalue weighted by Crippen LogP contribution is 2.19. The number of carbonyl (C=O) groups is 1. The van der Waals surface area contributed by atoms with E-state index in [0.29, 0.717) is 11.5 Å². The van der Waals surface area contributed by atoms with Crippen molar-refractivity contribution in [2.45, 2.75) is 19.3 Å². The Morgan fingerprint density at radius 3 is 2.95 bits per heavy atom. The van der Waals surface area contributed by atoms with Crippen LogP contribution >= 0.6 is 35.0 Å². The van der Waals surface area contributed by atoms with E-state index in [1.807, 2.05) is 18.2 Å². The zero-order valence-electron chi connectivity index (χ0n) is 12.2. The largest absolute Gasteiger partial charge is 0.497 e. The van der Waals surface area contributed by atoms with Gasteiger partial charge in [-0.05, 0) is 79.1 Å². The number of benzene rings is 1. The predicted molar refractivity (Wildman–Crippen MR) is 95.5 cm³/mol. The second-order valence-corrected chi connectivity index (χ2v) is 6.26. The molecule has 0 spiro atoms. The number of halogens is 2. The molecule has 0 aliphatic carbocycles. The number of methoxy groups -OCH3 is 1. The molecule has 0 radical (unpaired) electrons. The van der Waals surface area contributed by atoms with Crippen molar-refractivity contribution >= 4 is 40.9 Å². The molecule has 4 nitrogen and oxygen atoms in total. The molecule has 6 heteroatoms. The lowest BCUT2D eigenvalue weighted by Gasteiger charge is -2.22. The normalized spacial score (nSPS) is 17.7. The van der Waals surface area contributed by atoms with E-state index in [1.165, 1.54) is 12.8 Å². The summed E-state index contributed by atoms with van der Waals surface area (Å²) in [7, 11) is 1.63. The van der Waals surface area contributed by atoms with Crippen LogP contribution in [0, 0.1) is 9.49 Å². The summed E-state index contributed by atoms with van der Waals surface area (Å²) in [5.41, 5.74) is 0.716. The van der Waals surface area contributed by atoms with Crippen molar-refractivity contribution in [2.75, 3.05) is 26.7 Å². The molecular formula is C15H22ClIN2O2. The predicted octanol–water partition coefficient (Wildman–Crippen LogP) is 2.84. The van der Waals surface area contributed by atoms with E-state index in [1.54, 1.807) is 7.11 Å². The first-order chi connectivity index (χ1) is 9.70. The summed E-state index contributed by atoms with van der Waals surface area (Å²) >= 11 is 2.17. The second-order valence-electron chi connectivity index (χ2n) is 5.10. The number of carbonyl (C=O) groups excluding carboxylic acids is 1. The van der Waals surface area contributed by atoms with Gasteiger partial charge in [0.1, 0.15) is 5.75 Å². The summed E-state index contributed by atoms with van der Waals surface area (Å²) in [6.45, 7) is 2.95.